The van der Waals surface area contributed by atoms with Crippen LogP contribution in [0, 0.1) is 12.7 Å². The van der Waals surface area contributed by atoms with Gasteiger partial charge in [0.1, 0.15) is 24.3 Å². The summed E-state index contributed by atoms with van der Waals surface area (Å²) in [6.45, 7) is 2.85. The predicted octanol–water partition coefficient (Wildman–Crippen LogP) is 2.44. The molecule has 4 rings (SSSR count). The lowest BCUT2D eigenvalue weighted by molar-refractivity contribution is -0.139. The van der Waals surface area contributed by atoms with Gasteiger partial charge in [0, 0.05) is 6.54 Å². The van der Waals surface area contributed by atoms with Crippen molar-refractivity contribution in [1.82, 2.24) is 14.5 Å². The largest absolute Gasteiger partial charge is 0.370 e. The van der Waals surface area contributed by atoms with Crippen molar-refractivity contribution < 1.29 is 13.9 Å². The Hall–Kier alpha value is -3.06. The molecule has 2 heterocycles. The summed E-state index contributed by atoms with van der Waals surface area (Å²) >= 11 is 0. The first-order chi connectivity index (χ1) is 13.5. The molecule has 0 aliphatic carbocycles. The first kappa shape index (κ1) is 18.3. The first-order valence-electron chi connectivity index (χ1n) is 9.14. The van der Waals surface area contributed by atoms with E-state index in [0.29, 0.717) is 36.4 Å². The second kappa shape index (κ2) is 7.52. The van der Waals surface area contributed by atoms with E-state index < -0.39 is 0 Å². The Balaban J connectivity index is 1.54. The molecule has 1 saturated heterocycles. The quantitative estimate of drug-likeness (QED) is 0.699. The molecule has 0 radical (unpaired) electrons. The van der Waals surface area contributed by atoms with Gasteiger partial charge in [-0.25, -0.2) is 9.37 Å². The lowest BCUT2D eigenvalue weighted by Crippen LogP contribution is -2.45. The summed E-state index contributed by atoms with van der Waals surface area (Å²) in [4.78, 5) is 31.8. The fourth-order valence-corrected chi connectivity index (χ4v) is 3.46. The van der Waals surface area contributed by atoms with Crippen LogP contribution < -0.4 is 5.56 Å². The Kier molecular flexibility index (Phi) is 4.92. The summed E-state index contributed by atoms with van der Waals surface area (Å²) in [5, 5.41) is 0.493. The van der Waals surface area contributed by atoms with Crippen LogP contribution in [0.3, 0.4) is 0 Å². The normalized spacial score (nSPS) is 17.1. The molecule has 3 aromatic rings. The Morgan fingerprint density at radius 1 is 1.21 bits per heavy atom. The van der Waals surface area contributed by atoms with E-state index in [2.05, 4.69) is 4.98 Å². The Morgan fingerprint density at radius 2 is 1.96 bits per heavy atom. The lowest BCUT2D eigenvalue weighted by atomic mass is 10.1. The molecule has 0 spiro atoms. The molecular weight excluding hydrogens is 361 g/mol. The number of carbonyl (C=O) groups excluding carboxylic acids is 1. The van der Waals surface area contributed by atoms with Gasteiger partial charge in [-0.3, -0.25) is 14.2 Å². The molecule has 1 atom stereocenters. The number of morpholine rings is 1. The van der Waals surface area contributed by atoms with Crippen molar-refractivity contribution in [2.45, 2.75) is 19.6 Å². The van der Waals surface area contributed by atoms with E-state index in [9.17, 15) is 14.0 Å². The molecule has 1 amide bonds. The first-order valence-corrected chi connectivity index (χ1v) is 9.14. The average Bonchev–Trinajstić information content (AvgIpc) is 2.71. The molecule has 2 aromatic carbocycles. The van der Waals surface area contributed by atoms with Gasteiger partial charge in [0.2, 0.25) is 5.91 Å². The summed E-state index contributed by atoms with van der Waals surface area (Å²) in [5.41, 5.74) is 1.22. The Bertz CT molecular complexity index is 1080. The van der Waals surface area contributed by atoms with Crippen LogP contribution >= 0.6 is 0 Å². The van der Waals surface area contributed by atoms with Crippen molar-refractivity contribution in [2.24, 2.45) is 0 Å². The van der Waals surface area contributed by atoms with Gasteiger partial charge in [0.15, 0.2) is 0 Å². The van der Waals surface area contributed by atoms with Crippen molar-refractivity contribution in [2.75, 3.05) is 19.7 Å². The van der Waals surface area contributed by atoms with Gasteiger partial charge in [-0.05, 0) is 36.8 Å². The van der Waals surface area contributed by atoms with Gasteiger partial charge >= 0.3 is 0 Å². The molecule has 1 aromatic heterocycles. The van der Waals surface area contributed by atoms with Crippen LogP contribution in [0.4, 0.5) is 4.39 Å². The number of nitrogens with zero attached hydrogens (tertiary/aromatic N) is 3. The zero-order valence-electron chi connectivity index (χ0n) is 15.5. The highest BCUT2D eigenvalue weighted by Crippen LogP contribution is 2.22. The number of para-hydroxylation sites is 1. The number of ether oxygens (including phenoxy) is 1. The maximum atomic E-state index is 13.1. The minimum absolute atomic E-state index is 0.0708. The van der Waals surface area contributed by atoms with Crippen molar-refractivity contribution in [3.8, 4) is 0 Å². The number of halogens is 1. The monoisotopic (exact) mass is 381 g/mol. The average molecular weight is 381 g/mol. The van der Waals surface area contributed by atoms with E-state index in [0.717, 1.165) is 5.56 Å². The fourth-order valence-electron chi connectivity index (χ4n) is 3.46. The number of benzene rings is 2. The number of hydrogen-bond acceptors (Lipinski definition) is 4. The van der Waals surface area contributed by atoms with Gasteiger partial charge in [-0.1, -0.05) is 24.3 Å². The zero-order valence-corrected chi connectivity index (χ0v) is 15.5. The molecule has 28 heavy (non-hydrogen) atoms. The topological polar surface area (TPSA) is 64.4 Å². The summed E-state index contributed by atoms with van der Waals surface area (Å²) in [6, 6.07) is 13.2. The van der Waals surface area contributed by atoms with Crippen molar-refractivity contribution in [3.05, 3.63) is 76.1 Å². The highest BCUT2D eigenvalue weighted by atomic mass is 19.1. The van der Waals surface area contributed by atoms with Crippen LogP contribution in [-0.2, 0) is 16.1 Å². The number of carbonyl (C=O) groups is 1. The molecule has 6 nitrogen and oxygen atoms in total. The number of hydrogen-bond donors (Lipinski definition) is 0. The zero-order chi connectivity index (χ0) is 19.7. The van der Waals surface area contributed by atoms with Crippen molar-refractivity contribution in [3.63, 3.8) is 0 Å². The van der Waals surface area contributed by atoms with Crippen LogP contribution in [0.15, 0.2) is 53.3 Å². The number of fused-ring (bicyclic) bond motifs is 1. The Morgan fingerprint density at radius 3 is 2.75 bits per heavy atom. The van der Waals surface area contributed by atoms with Crippen LogP contribution in [0.1, 0.15) is 17.5 Å². The highest BCUT2D eigenvalue weighted by Gasteiger charge is 2.26. The summed E-state index contributed by atoms with van der Waals surface area (Å²) in [6.07, 6.45) is -0.314. The van der Waals surface area contributed by atoms with Crippen LogP contribution in [0.25, 0.3) is 10.9 Å². The van der Waals surface area contributed by atoms with Crippen molar-refractivity contribution >= 4 is 16.8 Å². The van der Waals surface area contributed by atoms with Gasteiger partial charge in [-0.2, -0.15) is 0 Å². The van der Waals surface area contributed by atoms with E-state index in [1.54, 1.807) is 42.2 Å². The molecule has 1 aliphatic heterocycles. The maximum absolute atomic E-state index is 13.1. The van der Waals surface area contributed by atoms with Gasteiger partial charge in [0.05, 0.1) is 24.1 Å². The number of rotatable bonds is 3. The predicted molar refractivity (Wildman–Crippen MR) is 102 cm³/mol. The highest BCUT2D eigenvalue weighted by molar-refractivity contribution is 5.79. The fraction of sp³-hybridized carbons (Fsp3) is 0.286. The summed E-state index contributed by atoms with van der Waals surface area (Å²) in [7, 11) is 0. The second-order valence-corrected chi connectivity index (χ2v) is 6.82. The summed E-state index contributed by atoms with van der Waals surface area (Å²) in [5.74, 6) is 0.0178. The maximum Gasteiger partial charge on any atom is 0.261 e. The molecule has 0 N–H and O–H groups in total. The standard InChI is InChI=1S/C21H20FN3O3/c1-14-23-18-5-3-2-4-17(18)21(27)25(14)13-20(26)24-10-11-28-19(12-24)15-6-8-16(22)9-7-15/h2-9,19H,10-13H2,1H3. The molecule has 1 aliphatic rings. The molecule has 1 unspecified atom stereocenters. The number of aryl methyl sites for hydroxylation is 1. The summed E-state index contributed by atoms with van der Waals surface area (Å²) < 4.78 is 20.3. The van der Waals surface area contributed by atoms with Gasteiger partial charge < -0.3 is 9.64 Å². The van der Waals surface area contributed by atoms with Crippen molar-refractivity contribution in [1.29, 1.82) is 0 Å². The third-order valence-corrected chi connectivity index (χ3v) is 5.01. The van der Waals surface area contributed by atoms with E-state index in [1.807, 2.05) is 6.07 Å². The number of aromatic nitrogens is 2. The molecule has 0 bridgehead atoms. The number of amides is 1. The van der Waals surface area contributed by atoms with Crippen LogP contribution in [-0.4, -0.2) is 40.1 Å². The van der Waals surface area contributed by atoms with E-state index in [1.165, 1.54) is 16.7 Å². The van der Waals surface area contributed by atoms with Gasteiger partial charge in [-0.15, -0.1) is 0 Å². The SMILES string of the molecule is Cc1nc2ccccc2c(=O)n1CC(=O)N1CCOC(c2ccc(F)cc2)C1. The molecule has 0 saturated carbocycles. The second-order valence-electron chi connectivity index (χ2n) is 6.82. The molecule has 7 heteroatoms. The lowest BCUT2D eigenvalue weighted by Gasteiger charge is -2.33. The van der Waals surface area contributed by atoms with E-state index in [4.69, 9.17) is 4.74 Å². The minimum Gasteiger partial charge on any atom is -0.370 e. The Labute approximate surface area is 161 Å². The minimum atomic E-state index is -0.314. The smallest absolute Gasteiger partial charge is 0.261 e. The molecule has 144 valence electrons. The third kappa shape index (κ3) is 3.53. The molecule has 1 fully saturated rings. The van der Waals surface area contributed by atoms with Crippen LogP contribution in [0.5, 0.6) is 0 Å². The van der Waals surface area contributed by atoms with Crippen LogP contribution in [0.2, 0.25) is 0 Å². The third-order valence-electron chi connectivity index (χ3n) is 5.01. The van der Waals surface area contributed by atoms with E-state index in [-0.39, 0.29) is 29.9 Å². The molecular formula is C21H20FN3O3. The van der Waals surface area contributed by atoms with Gasteiger partial charge in [0.25, 0.3) is 5.56 Å². The van der Waals surface area contributed by atoms with E-state index >= 15 is 0 Å².